The first-order valence-corrected chi connectivity index (χ1v) is 7.50. The van der Waals surface area contributed by atoms with Crippen LogP contribution < -0.4 is 20.5 Å². The van der Waals surface area contributed by atoms with Crippen LogP contribution in [-0.2, 0) is 4.79 Å². The molecule has 0 heterocycles. The van der Waals surface area contributed by atoms with Crippen molar-refractivity contribution < 1.29 is 14.3 Å². The summed E-state index contributed by atoms with van der Waals surface area (Å²) in [4.78, 5) is 11.9. The molecule has 1 aromatic carbocycles. The van der Waals surface area contributed by atoms with E-state index < -0.39 is 0 Å². The molecular formula is C16H24N2O3. The summed E-state index contributed by atoms with van der Waals surface area (Å²) in [6, 6.07) is 7.65. The van der Waals surface area contributed by atoms with Crippen LogP contribution in [0.15, 0.2) is 24.3 Å². The summed E-state index contributed by atoms with van der Waals surface area (Å²) in [6.45, 7) is 0.981. The first kappa shape index (κ1) is 15.6. The first-order valence-electron chi connectivity index (χ1n) is 7.50. The first-order chi connectivity index (χ1) is 10.2. The van der Waals surface area contributed by atoms with Crippen LogP contribution in [0.3, 0.4) is 0 Å². The lowest BCUT2D eigenvalue weighted by Gasteiger charge is -2.19. The smallest absolute Gasteiger partial charge is 0.223 e. The lowest BCUT2D eigenvalue weighted by molar-refractivity contribution is -0.122. The number of hydrogen-bond donors (Lipinski definition) is 2. The minimum absolute atomic E-state index is 0.0234. The predicted octanol–water partition coefficient (Wildman–Crippen LogP) is 1.71. The van der Waals surface area contributed by atoms with Crippen molar-refractivity contribution in [2.24, 2.45) is 11.7 Å². The number of hydrogen-bond acceptors (Lipinski definition) is 4. The Hall–Kier alpha value is -1.75. The zero-order valence-corrected chi connectivity index (χ0v) is 12.5. The highest BCUT2D eigenvalue weighted by molar-refractivity contribution is 5.76. The second-order valence-electron chi connectivity index (χ2n) is 5.35. The molecule has 1 aliphatic rings. The highest BCUT2D eigenvalue weighted by Crippen LogP contribution is 2.26. The molecule has 0 radical (unpaired) electrons. The maximum absolute atomic E-state index is 11.9. The van der Waals surface area contributed by atoms with Crippen molar-refractivity contribution >= 4 is 5.91 Å². The van der Waals surface area contributed by atoms with Gasteiger partial charge in [0.15, 0.2) is 11.5 Å². The van der Waals surface area contributed by atoms with Crippen LogP contribution in [0.25, 0.3) is 0 Å². The molecule has 0 spiro atoms. The maximum atomic E-state index is 11.9. The quantitative estimate of drug-likeness (QED) is 0.802. The largest absolute Gasteiger partial charge is 0.493 e. The predicted molar refractivity (Wildman–Crippen MR) is 81.4 cm³/mol. The van der Waals surface area contributed by atoms with Gasteiger partial charge in [0.1, 0.15) is 0 Å². The lowest BCUT2D eigenvalue weighted by Crippen LogP contribution is -2.40. The standard InChI is InChI=1S/C16H24N2O3/c1-20-14-7-2-3-8-15(14)21-10-9-16(19)18-13-6-4-5-12(13)11-17/h2-3,7-8,12-13H,4-6,9-11,17H2,1H3,(H,18,19). The minimum Gasteiger partial charge on any atom is -0.493 e. The van der Waals surface area contributed by atoms with Gasteiger partial charge in [0, 0.05) is 6.04 Å². The average Bonchev–Trinajstić information content (AvgIpc) is 2.94. The molecule has 1 aliphatic carbocycles. The molecule has 2 atom stereocenters. The fourth-order valence-corrected chi connectivity index (χ4v) is 2.78. The van der Waals surface area contributed by atoms with E-state index in [1.807, 2.05) is 24.3 Å². The Bertz CT molecular complexity index is 465. The maximum Gasteiger partial charge on any atom is 0.223 e. The van der Waals surface area contributed by atoms with Crippen LogP contribution in [0.2, 0.25) is 0 Å². The van der Waals surface area contributed by atoms with Crippen LogP contribution in [0.1, 0.15) is 25.7 Å². The molecule has 1 amide bonds. The Morgan fingerprint density at radius 1 is 1.33 bits per heavy atom. The fraction of sp³-hybridized carbons (Fsp3) is 0.562. The van der Waals surface area contributed by atoms with E-state index >= 15 is 0 Å². The Kier molecular flexibility index (Phi) is 5.87. The van der Waals surface area contributed by atoms with E-state index in [4.69, 9.17) is 15.2 Å². The van der Waals surface area contributed by atoms with Gasteiger partial charge >= 0.3 is 0 Å². The third-order valence-corrected chi connectivity index (χ3v) is 3.96. The number of carbonyl (C=O) groups is 1. The summed E-state index contributed by atoms with van der Waals surface area (Å²) in [5.74, 6) is 1.78. The van der Waals surface area contributed by atoms with Gasteiger partial charge in [-0.3, -0.25) is 4.79 Å². The molecule has 3 N–H and O–H groups in total. The number of nitrogens with one attached hydrogen (secondary N) is 1. The van der Waals surface area contributed by atoms with Gasteiger partial charge in [0.2, 0.25) is 5.91 Å². The van der Waals surface area contributed by atoms with E-state index in [9.17, 15) is 4.79 Å². The van der Waals surface area contributed by atoms with E-state index in [2.05, 4.69) is 5.32 Å². The van der Waals surface area contributed by atoms with Crippen LogP contribution in [0.4, 0.5) is 0 Å². The van der Waals surface area contributed by atoms with Gasteiger partial charge in [-0.25, -0.2) is 0 Å². The summed E-state index contributed by atoms with van der Waals surface area (Å²) >= 11 is 0. The van der Waals surface area contributed by atoms with Crippen molar-refractivity contribution in [3.63, 3.8) is 0 Å². The van der Waals surface area contributed by atoms with Crippen LogP contribution in [-0.4, -0.2) is 32.2 Å². The molecule has 5 nitrogen and oxygen atoms in total. The molecule has 2 rings (SSSR count). The topological polar surface area (TPSA) is 73.6 Å². The number of rotatable bonds is 7. The van der Waals surface area contributed by atoms with Gasteiger partial charge in [-0.1, -0.05) is 18.6 Å². The molecule has 0 aliphatic heterocycles. The zero-order chi connectivity index (χ0) is 15.1. The van der Waals surface area contributed by atoms with Gasteiger partial charge in [0.25, 0.3) is 0 Å². The van der Waals surface area contributed by atoms with Gasteiger partial charge in [-0.15, -0.1) is 0 Å². The second-order valence-corrected chi connectivity index (χ2v) is 5.35. The van der Waals surface area contributed by atoms with Crippen molar-refractivity contribution in [2.45, 2.75) is 31.7 Å². The van der Waals surface area contributed by atoms with E-state index in [0.29, 0.717) is 37.0 Å². The van der Waals surface area contributed by atoms with E-state index in [-0.39, 0.29) is 11.9 Å². The summed E-state index contributed by atoms with van der Waals surface area (Å²) in [7, 11) is 1.60. The van der Waals surface area contributed by atoms with Crippen LogP contribution >= 0.6 is 0 Å². The molecule has 0 bridgehead atoms. The van der Waals surface area contributed by atoms with E-state index in [1.165, 1.54) is 0 Å². The molecule has 2 unspecified atom stereocenters. The van der Waals surface area contributed by atoms with Crippen molar-refractivity contribution in [1.82, 2.24) is 5.32 Å². The number of amides is 1. The second kappa shape index (κ2) is 7.88. The Morgan fingerprint density at radius 2 is 2.10 bits per heavy atom. The van der Waals surface area contributed by atoms with Gasteiger partial charge < -0.3 is 20.5 Å². The van der Waals surface area contributed by atoms with E-state index in [1.54, 1.807) is 7.11 Å². The van der Waals surface area contributed by atoms with Crippen molar-refractivity contribution in [2.75, 3.05) is 20.3 Å². The SMILES string of the molecule is COc1ccccc1OCCC(=O)NC1CCCC1CN. The number of methoxy groups -OCH3 is 1. The number of ether oxygens (including phenoxy) is 2. The monoisotopic (exact) mass is 292 g/mol. The summed E-state index contributed by atoms with van der Waals surface area (Å²) < 4.78 is 10.8. The molecule has 1 fully saturated rings. The Morgan fingerprint density at radius 3 is 2.81 bits per heavy atom. The average molecular weight is 292 g/mol. The number of para-hydroxylation sites is 2. The fourth-order valence-electron chi connectivity index (χ4n) is 2.78. The number of benzene rings is 1. The number of carbonyl (C=O) groups excluding carboxylic acids is 1. The molecule has 5 heteroatoms. The van der Waals surface area contributed by atoms with Gasteiger partial charge in [0.05, 0.1) is 20.1 Å². The van der Waals surface area contributed by atoms with Crippen LogP contribution in [0.5, 0.6) is 11.5 Å². The summed E-state index contributed by atoms with van der Waals surface area (Å²) in [6.07, 6.45) is 3.62. The minimum atomic E-state index is 0.0234. The molecule has 1 saturated carbocycles. The van der Waals surface area contributed by atoms with Gasteiger partial charge in [-0.2, -0.15) is 0 Å². The molecule has 0 aromatic heterocycles. The van der Waals surface area contributed by atoms with Gasteiger partial charge in [-0.05, 0) is 37.4 Å². The normalized spacial score (nSPS) is 21.0. The molecular weight excluding hydrogens is 268 g/mol. The number of nitrogens with two attached hydrogens (primary N) is 1. The van der Waals surface area contributed by atoms with Crippen molar-refractivity contribution in [1.29, 1.82) is 0 Å². The van der Waals surface area contributed by atoms with Crippen molar-refractivity contribution in [3.05, 3.63) is 24.3 Å². The highest BCUT2D eigenvalue weighted by Gasteiger charge is 2.27. The lowest BCUT2D eigenvalue weighted by atomic mass is 10.0. The molecule has 1 aromatic rings. The molecule has 0 saturated heterocycles. The van der Waals surface area contributed by atoms with E-state index in [0.717, 1.165) is 19.3 Å². The molecule has 21 heavy (non-hydrogen) atoms. The Balaban J connectivity index is 1.74. The Labute approximate surface area is 125 Å². The third kappa shape index (κ3) is 4.36. The highest BCUT2D eigenvalue weighted by atomic mass is 16.5. The summed E-state index contributed by atoms with van der Waals surface area (Å²) in [5, 5.41) is 3.06. The molecule has 116 valence electrons. The van der Waals surface area contributed by atoms with Crippen LogP contribution in [0, 0.1) is 5.92 Å². The zero-order valence-electron chi connectivity index (χ0n) is 12.5. The van der Waals surface area contributed by atoms with Crippen molar-refractivity contribution in [3.8, 4) is 11.5 Å². The summed E-state index contributed by atoms with van der Waals surface area (Å²) in [5.41, 5.74) is 5.72. The third-order valence-electron chi connectivity index (χ3n) is 3.96.